The van der Waals surface area contributed by atoms with Crippen LogP contribution in [0.3, 0.4) is 0 Å². The molecule has 7 heteroatoms. The lowest BCUT2D eigenvalue weighted by Gasteiger charge is -2.26. The van der Waals surface area contributed by atoms with Crippen LogP contribution in [0.25, 0.3) is 11.1 Å². The lowest BCUT2D eigenvalue weighted by atomic mass is 9.81. The van der Waals surface area contributed by atoms with Crippen molar-refractivity contribution in [3.63, 3.8) is 0 Å². The molecular formula is C28H32N2O5. The Bertz CT molecular complexity index is 1120. The fourth-order valence-electron chi connectivity index (χ4n) is 6.05. The van der Waals surface area contributed by atoms with E-state index in [9.17, 15) is 19.5 Å². The smallest absolute Gasteiger partial charge is 0.407 e. The highest BCUT2D eigenvalue weighted by Gasteiger charge is 2.49. The second kappa shape index (κ2) is 9.02. The van der Waals surface area contributed by atoms with Crippen molar-refractivity contribution < 1.29 is 24.2 Å². The van der Waals surface area contributed by atoms with Crippen LogP contribution < -0.4 is 5.32 Å². The summed E-state index contributed by atoms with van der Waals surface area (Å²) in [4.78, 5) is 39.5. The molecule has 2 fully saturated rings. The molecule has 2 amide bonds. The van der Waals surface area contributed by atoms with Crippen molar-refractivity contribution in [2.24, 2.45) is 17.3 Å². The van der Waals surface area contributed by atoms with Gasteiger partial charge in [0.2, 0.25) is 5.91 Å². The quantitative estimate of drug-likeness (QED) is 0.672. The van der Waals surface area contributed by atoms with Crippen LogP contribution in [0.4, 0.5) is 4.79 Å². The number of nitrogens with one attached hydrogen (secondary N) is 1. The molecule has 5 rings (SSSR count). The zero-order valence-electron chi connectivity index (χ0n) is 20.2. The minimum Gasteiger partial charge on any atom is -0.481 e. The summed E-state index contributed by atoms with van der Waals surface area (Å²) in [5.74, 6) is -1.44. The largest absolute Gasteiger partial charge is 0.481 e. The molecule has 2 aromatic carbocycles. The normalized spacial score (nSPS) is 27.4. The lowest BCUT2D eigenvalue weighted by molar-refractivity contribution is -0.149. The van der Waals surface area contributed by atoms with E-state index in [1.807, 2.05) is 31.2 Å². The van der Waals surface area contributed by atoms with Crippen LogP contribution in [0.1, 0.15) is 50.2 Å². The molecule has 2 aliphatic carbocycles. The van der Waals surface area contributed by atoms with E-state index >= 15 is 0 Å². The highest BCUT2D eigenvalue weighted by atomic mass is 16.5. The monoisotopic (exact) mass is 476 g/mol. The number of hydrogen-bond donors (Lipinski definition) is 2. The van der Waals surface area contributed by atoms with Gasteiger partial charge in [0.05, 0.1) is 11.3 Å². The Morgan fingerprint density at radius 1 is 1.06 bits per heavy atom. The van der Waals surface area contributed by atoms with E-state index in [2.05, 4.69) is 29.6 Å². The molecule has 1 saturated heterocycles. The number of ether oxygens (including phenoxy) is 1. The van der Waals surface area contributed by atoms with Crippen molar-refractivity contribution in [1.82, 2.24) is 10.2 Å². The van der Waals surface area contributed by atoms with Crippen LogP contribution in [0.15, 0.2) is 48.5 Å². The van der Waals surface area contributed by atoms with Crippen molar-refractivity contribution in [1.29, 1.82) is 0 Å². The Morgan fingerprint density at radius 3 is 2.29 bits per heavy atom. The summed E-state index contributed by atoms with van der Waals surface area (Å²) in [6, 6.07) is 16.1. The Labute approximate surface area is 205 Å². The van der Waals surface area contributed by atoms with E-state index in [0.717, 1.165) is 17.5 Å². The van der Waals surface area contributed by atoms with Gasteiger partial charge in [0, 0.05) is 25.0 Å². The van der Waals surface area contributed by atoms with Crippen LogP contribution in [0.2, 0.25) is 0 Å². The predicted octanol–water partition coefficient (Wildman–Crippen LogP) is 4.26. The molecule has 0 radical (unpaired) electrons. The molecule has 3 aliphatic rings. The maximum Gasteiger partial charge on any atom is 0.407 e. The summed E-state index contributed by atoms with van der Waals surface area (Å²) in [6.45, 7) is 4.44. The Hall–Kier alpha value is -3.35. The molecule has 7 nitrogen and oxygen atoms in total. The summed E-state index contributed by atoms with van der Waals surface area (Å²) < 4.78 is 5.68. The molecule has 1 aliphatic heterocycles. The molecule has 35 heavy (non-hydrogen) atoms. The molecule has 0 spiro atoms. The number of carbonyl (C=O) groups excluding carboxylic acids is 2. The highest BCUT2D eigenvalue weighted by molar-refractivity contribution is 5.84. The number of carboxylic acids is 1. The number of rotatable bonds is 5. The number of amides is 2. The molecule has 0 bridgehead atoms. The topological polar surface area (TPSA) is 95.9 Å². The molecule has 2 N–H and O–H groups in total. The van der Waals surface area contributed by atoms with Crippen molar-refractivity contribution in [3.05, 3.63) is 59.7 Å². The van der Waals surface area contributed by atoms with Crippen molar-refractivity contribution in [2.45, 2.75) is 45.1 Å². The molecule has 2 aromatic rings. The first-order valence-corrected chi connectivity index (χ1v) is 12.4. The maximum atomic E-state index is 13.3. The zero-order chi connectivity index (χ0) is 24.7. The lowest BCUT2D eigenvalue weighted by Crippen LogP contribution is -2.46. The molecule has 184 valence electrons. The summed E-state index contributed by atoms with van der Waals surface area (Å²) in [6.07, 6.45) is 1.72. The van der Waals surface area contributed by atoms with Gasteiger partial charge in [-0.1, -0.05) is 61.9 Å². The first kappa shape index (κ1) is 23.4. The Morgan fingerprint density at radius 2 is 1.69 bits per heavy atom. The van der Waals surface area contributed by atoms with E-state index in [4.69, 9.17) is 4.74 Å². The SMILES string of the molecule is C[C@H]1CN(C(=O)C2CCCC2NC(=O)OCC2c3ccccc3-c3ccccc32)C[C@]1(C)C(=O)O. The Kier molecular flexibility index (Phi) is 6.03. The van der Waals surface area contributed by atoms with Crippen LogP contribution >= 0.6 is 0 Å². The average molecular weight is 477 g/mol. The number of alkyl carbamates (subject to hydrolysis) is 1. The van der Waals surface area contributed by atoms with Crippen LogP contribution in [0, 0.1) is 17.3 Å². The summed E-state index contributed by atoms with van der Waals surface area (Å²) in [5, 5.41) is 12.6. The molecule has 0 aromatic heterocycles. The first-order valence-electron chi connectivity index (χ1n) is 12.4. The second-order valence-electron chi connectivity index (χ2n) is 10.5. The Balaban J connectivity index is 1.21. The third kappa shape index (κ3) is 4.07. The highest BCUT2D eigenvalue weighted by Crippen LogP contribution is 2.44. The van der Waals surface area contributed by atoms with Gasteiger partial charge < -0.3 is 20.1 Å². The third-order valence-electron chi connectivity index (χ3n) is 8.38. The number of hydrogen-bond acceptors (Lipinski definition) is 4. The standard InChI is InChI=1S/C28H32N2O5/c1-17-14-30(16-28(17,2)26(32)33)25(31)22-12-7-13-24(22)29-27(34)35-15-23-20-10-5-3-8-18(20)19-9-4-6-11-21(19)23/h3-6,8-11,17,22-24H,7,12-16H2,1-2H3,(H,29,34)(H,32,33)/t17-,22?,24?,28-/m0/s1. The number of benzene rings is 2. The van der Waals surface area contributed by atoms with Gasteiger partial charge in [-0.3, -0.25) is 9.59 Å². The summed E-state index contributed by atoms with van der Waals surface area (Å²) >= 11 is 0. The third-order valence-corrected chi connectivity index (χ3v) is 8.38. The van der Waals surface area contributed by atoms with Gasteiger partial charge in [0.15, 0.2) is 0 Å². The van der Waals surface area contributed by atoms with Gasteiger partial charge in [-0.25, -0.2) is 4.79 Å². The maximum absolute atomic E-state index is 13.3. The molecule has 2 unspecified atom stereocenters. The number of nitrogens with zero attached hydrogens (tertiary/aromatic N) is 1. The molecule has 4 atom stereocenters. The second-order valence-corrected chi connectivity index (χ2v) is 10.5. The van der Waals surface area contributed by atoms with Crippen LogP contribution in [-0.4, -0.2) is 53.7 Å². The zero-order valence-corrected chi connectivity index (χ0v) is 20.2. The number of likely N-dealkylation sites (tertiary alicyclic amines) is 1. The van der Waals surface area contributed by atoms with E-state index < -0.39 is 17.5 Å². The number of carbonyl (C=O) groups is 3. The summed E-state index contributed by atoms with van der Waals surface area (Å²) in [5.41, 5.74) is 3.71. The van der Waals surface area contributed by atoms with Crippen molar-refractivity contribution >= 4 is 18.0 Å². The molecule has 1 saturated carbocycles. The van der Waals surface area contributed by atoms with Gasteiger partial charge in [0.1, 0.15) is 6.61 Å². The number of fused-ring (bicyclic) bond motifs is 3. The van der Waals surface area contributed by atoms with E-state index in [0.29, 0.717) is 19.4 Å². The van der Waals surface area contributed by atoms with Gasteiger partial charge >= 0.3 is 12.1 Å². The van der Waals surface area contributed by atoms with Gasteiger partial charge in [0.25, 0.3) is 0 Å². The van der Waals surface area contributed by atoms with Crippen molar-refractivity contribution in [2.75, 3.05) is 19.7 Å². The average Bonchev–Trinajstić information content (AvgIpc) is 3.52. The van der Waals surface area contributed by atoms with Gasteiger partial charge in [-0.2, -0.15) is 0 Å². The predicted molar refractivity (Wildman–Crippen MR) is 131 cm³/mol. The van der Waals surface area contributed by atoms with Crippen molar-refractivity contribution in [3.8, 4) is 11.1 Å². The molecular weight excluding hydrogens is 444 g/mol. The minimum absolute atomic E-state index is 0.0195. The molecule has 1 heterocycles. The van der Waals surface area contributed by atoms with Crippen LogP contribution in [0.5, 0.6) is 0 Å². The van der Waals surface area contributed by atoms with E-state index in [-0.39, 0.29) is 42.9 Å². The van der Waals surface area contributed by atoms with Gasteiger partial charge in [-0.05, 0) is 47.9 Å². The fraction of sp³-hybridized carbons (Fsp3) is 0.464. The number of aliphatic carboxylic acids is 1. The van der Waals surface area contributed by atoms with E-state index in [1.165, 1.54) is 11.1 Å². The first-order chi connectivity index (χ1) is 16.8. The number of carboxylic acid groups (broad SMARTS) is 1. The minimum atomic E-state index is -0.940. The fourth-order valence-corrected chi connectivity index (χ4v) is 6.05. The van der Waals surface area contributed by atoms with Gasteiger partial charge in [-0.15, -0.1) is 0 Å². The van der Waals surface area contributed by atoms with E-state index in [1.54, 1.807) is 11.8 Å². The van der Waals surface area contributed by atoms with Crippen LogP contribution in [-0.2, 0) is 14.3 Å². The summed E-state index contributed by atoms with van der Waals surface area (Å²) in [7, 11) is 0.